The van der Waals surface area contributed by atoms with Gasteiger partial charge in [-0.25, -0.2) is 0 Å². The maximum Gasteiger partial charge on any atom is 0.220 e. The maximum atomic E-state index is 11.9. The number of carbonyl (C=O) groups excluding carboxylic acids is 1. The molecule has 1 aliphatic carbocycles. The Labute approximate surface area is 118 Å². The molecule has 0 aromatic rings. The predicted octanol–water partition coefficient (Wildman–Crippen LogP) is 3.23. The van der Waals surface area contributed by atoms with Crippen molar-refractivity contribution in [3.63, 3.8) is 0 Å². The third-order valence-electron chi connectivity index (χ3n) is 3.88. The zero-order valence-corrected chi connectivity index (χ0v) is 13.0. The summed E-state index contributed by atoms with van der Waals surface area (Å²) in [7, 11) is 0. The molecule has 1 saturated carbocycles. The highest BCUT2D eigenvalue weighted by Crippen LogP contribution is 2.25. The summed E-state index contributed by atoms with van der Waals surface area (Å²) in [6.07, 6.45) is 9.36. The molecule has 3 heteroatoms. The van der Waals surface area contributed by atoms with Crippen LogP contribution < -0.4 is 11.1 Å². The van der Waals surface area contributed by atoms with Crippen LogP contribution in [0.25, 0.3) is 0 Å². The van der Waals surface area contributed by atoms with Gasteiger partial charge in [0.1, 0.15) is 0 Å². The summed E-state index contributed by atoms with van der Waals surface area (Å²) in [5.74, 6) is 0.789. The molecular weight excluding hydrogens is 236 g/mol. The Morgan fingerprint density at radius 2 is 1.79 bits per heavy atom. The molecular formula is C16H32N2O. The lowest BCUT2D eigenvalue weighted by Gasteiger charge is -2.23. The Hall–Kier alpha value is -0.570. The van der Waals surface area contributed by atoms with E-state index >= 15 is 0 Å². The smallest absolute Gasteiger partial charge is 0.220 e. The number of amides is 1. The van der Waals surface area contributed by atoms with Crippen molar-refractivity contribution in [2.45, 2.75) is 78.2 Å². The second-order valence-electron chi connectivity index (χ2n) is 7.39. The number of nitrogens with two attached hydrogens (primary N) is 1. The molecule has 0 aliphatic heterocycles. The molecule has 0 aromatic heterocycles. The van der Waals surface area contributed by atoms with Crippen LogP contribution in [0.3, 0.4) is 0 Å². The van der Waals surface area contributed by atoms with Crippen molar-refractivity contribution in [1.29, 1.82) is 0 Å². The molecule has 1 unspecified atom stereocenters. The molecule has 0 saturated heterocycles. The van der Waals surface area contributed by atoms with Crippen molar-refractivity contribution in [1.82, 2.24) is 5.32 Å². The van der Waals surface area contributed by atoms with Gasteiger partial charge in [0.2, 0.25) is 5.91 Å². The molecule has 112 valence electrons. The van der Waals surface area contributed by atoms with Gasteiger partial charge in [-0.05, 0) is 30.6 Å². The number of hydrogen-bond acceptors (Lipinski definition) is 2. The van der Waals surface area contributed by atoms with Crippen LogP contribution in [0.1, 0.15) is 72.1 Å². The van der Waals surface area contributed by atoms with E-state index in [9.17, 15) is 4.79 Å². The van der Waals surface area contributed by atoms with Crippen LogP contribution >= 0.6 is 0 Å². The van der Waals surface area contributed by atoms with Gasteiger partial charge in [-0.1, -0.05) is 46.5 Å². The minimum atomic E-state index is 0.0677. The van der Waals surface area contributed by atoms with Crippen LogP contribution in [0.4, 0.5) is 0 Å². The van der Waals surface area contributed by atoms with E-state index < -0.39 is 0 Å². The molecule has 3 nitrogen and oxygen atoms in total. The van der Waals surface area contributed by atoms with Gasteiger partial charge in [0.05, 0.1) is 0 Å². The molecule has 0 spiro atoms. The second kappa shape index (κ2) is 7.88. The molecule has 0 radical (unpaired) electrons. The highest BCUT2D eigenvalue weighted by molar-refractivity contribution is 5.76. The fourth-order valence-corrected chi connectivity index (χ4v) is 3.01. The molecule has 0 bridgehead atoms. The monoisotopic (exact) mass is 268 g/mol. The van der Waals surface area contributed by atoms with Crippen LogP contribution in [-0.2, 0) is 4.79 Å². The van der Waals surface area contributed by atoms with Crippen molar-refractivity contribution in [2.24, 2.45) is 17.1 Å². The highest BCUT2D eigenvalue weighted by Gasteiger charge is 2.18. The van der Waals surface area contributed by atoms with Gasteiger partial charge in [0.15, 0.2) is 0 Å². The Kier molecular flexibility index (Phi) is 6.84. The molecule has 0 heterocycles. The third-order valence-corrected chi connectivity index (χ3v) is 3.88. The lowest BCUT2D eigenvalue weighted by atomic mass is 9.88. The van der Waals surface area contributed by atoms with E-state index in [1.807, 2.05) is 0 Å². The van der Waals surface area contributed by atoms with E-state index in [1.54, 1.807) is 0 Å². The SMILES string of the molecule is CC(C)(C)CC(N)CNC(=O)CC1CCCCCC1. The van der Waals surface area contributed by atoms with Crippen molar-refractivity contribution < 1.29 is 4.79 Å². The average molecular weight is 268 g/mol. The van der Waals surface area contributed by atoms with Crippen molar-refractivity contribution >= 4 is 5.91 Å². The summed E-state index contributed by atoms with van der Waals surface area (Å²) in [4.78, 5) is 11.9. The topological polar surface area (TPSA) is 55.1 Å². The summed E-state index contributed by atoms with van der Waals surface area (Å²) in [6, 6.07) is 0.0677. The fraction of sp³-hybridized carbons (Fsp3) is 0.938. The number of carbonyl (C=O) groups is 1. The van der Waals surface area contributed by atoms with Crippen molar-refractivity contribution in [2.75, 3.05) is 6.54 Å². The lowest BCUT2D eigenvalue weighted by molar-refractivity contribution is -0.122. The minimum absolute atomic E-state index is 0.0677. The third kappa shape index (κ3) is 8.25. The summed E-state index contributed by atoms with van der Waals surface area (Å²) in [5.41, 5.74) is 6.28. The first kappa shape index (κ1) is 16.5. The minimum Gasteiger partial charge on any atom is -0.355 e. The van der Waals surface area contributed by atoms with Crippen LogP contribution in [0.15, 0.2) is 0 Å². The van der Waals surface area contributed by atoms with Gasteiger partial charge in [-0.2, -0.15) is 0 Å². The van der Waals surface area contributed by atoms with Crippen molar-refractivity contribution in [3.05, 3.63) is 0 Å². The molecule has 1 aliphatic rings. The Balaban J connectivity index is 2.19. The summed E-state index contributed by atoms with van der Waals surface area (Å²) < 4.78 is 0. The average Bonchev–Trinajstić information content (AvgIpc) is 2.53. The van der Waals surface area contributed by atoms with Gasteiger partial charge in [0.25, 0.3) is 0 Å². The summed E-state index contributed by atoms with van der Waals surface area (Å²) in [6.45, 7) is 7.16. The number of nitrogens with one attached hydrogen (secondary N) is 1. The van der Waals surface area contributed by atoms with Gasteiger partial charge in [-0.3, -0.25) is 4.79 Å². The summed E-state index contributed by atoms with van der Waals surface area (Å²) in [5, 5.41) is 3.01. The molecule has 1 fully saturated rings. The van der Waals surface area contributed by atoms with Crippen LogP contribution in [0.5, 0.6) is 0 Å². The quantitative estimate of drug-likeness (QED) is 0.752. The normalized spacial score (nSPS) is 19.8. The molecule has 1 amide bonds. The van der Waals surface area contributed by atoms with Gasteiger partial charge in [-0.15, -0.1) is 0 Å². The first-order valence-electron chi connectivity index (χ1n) is 7.89. The molecule has 1 atom stereocenters. The predicted molar refractivity (Wildman–Crippen MR) is 80.9 cm³/mol. The lowest BCUT2D eigenvalue weighted by Crippen LogP contribution is -2.39. The maximum absolute atomic E-state index is 11.9. The molecule has 0 aromatic carbocycles. The van der Waals surface area contributed by atoms with Gasteiger partial charge in [0, 0.05) is 19.0 Å². The first-order valence-corrected chi connectivity index (χ1v) is 7.89. The highest BCUT2D eigenvalue weighted by atomic mass is 16.1. The first-order chi connectivity index (χ1) is 8.87. The zero-order chi connectivity index (χ0) is 14.3. The largest absolute Gasteiger partial charge is 0.355 e. The number of hydrogen-bond donors (Lipinski definition) is 2. The van der Waals surface area contributed by atoms with E-state index in [2.05, 4.69) is 26.1 Å². The van der Waals surface area contributed by atoms with E-state index in [-0.39, 0.29) is 17.4 Å². The van der Waals surface area contributed by atoms with Crippen LogP contribution in [-0.4, -0.2) is 18.5 Å². The second-order valence-corrected chi connectivity index (χ2v) is 7.39. The van der Waals surface area contributed by atoms with E-state index in [0.717, 1.165) is 6.42 Å². The molecule has 19 heavy (non-hydrogen) atoms. The van der Waals surface area contributed by atoms with E-state index in [1.165, 1.54) is 38.5 Å². The Bertz CT molecular complexity index is 262. The van der Waals surface area contributed by atoms with Gasteiger partial charge < -0.3 is 11.1 Å². The Morgan fingerprint density at radius 3 is 2.32 bits per heavy atom. The fourth-order valence-electron chi connectivity index (χ4n) is 3.01. The molecule has 3 N–H and O–H groups in total. The van der Waals surface area contributed by atoms with E-state index in [0.29, 0.717) is 18.9 Å². The Morgan fingerprint density at radius 1 is 1.21 bits per heavy atom. The summed E-state index contributed by atoms with van der Waals surface area (Å²) >= 11 is 0. The standard InChI is InChI=1S/C16H32N2O/c1-16(2,3)11-14(17)12-18-15(19)10-13-8-6-4-5-7-9-13/h13-14H,4-12,17H2,1-3H3,(H,18,19). The molecule has 1 rings (SSSR count). The van der Waals surface area contributed by atoms with Crippen LogP contribution in [0, 0.1) is 11.3 Å². The van der Waals surface area contributed by atoms with Crippen molar-refractivity contribution in [3.8, 4) is 0 Å². The van der Waals surface area contributed by atoms with Gasteiger partial charge >= 0.3 is 0 Å². The van der Waals surface area contributed by atoms with E-state index in [4.69, 9.17) is 5.73 Å². The van der Waals surface area contributed by atoms with Crippen LogP contribution in [0.2, 0.25) is 0 Å². The zero-order valence-electron chi connectivity index (χ0n) is 13.0. The number of rotatable bonds is 5.